The second-order valence-corrected chi connectivity index (χ2v) is 10.2. The number of rotatable bonds is 7. The Kier molecular flexibility index (Phi) is 8.10. The highest BCUT2D eigenvalue weighted by molar-refractivity contribution is 5.96. The molecule has 0 bridgehead atoms. The van der Waals surface area contributed by atoms with Crippen molar-refractivity contribution in [1.82, 2.24) is 14.7 Å². The van der Waals surface area contributed by atoms with Crippen molar-refractivity contribution in [2.45, 2.75) is 79.2 Å². The van der Waals surface area contributed by atoms with Crippen LogP contribution < -0.4 is 10.6 Å². The fourth-order valence-corrected chi connectivity index (χ4v) is 3.25. The minimum Gasteiger partial charge on any atom is -0.315 e. The molecule has 0 radical (unpaired) electrons. The molecule has 0 spiro atoms. The number of aryl methyl sites for hydroxylation is 1. The van der Waals surface area contributed by atoms with Gasteiger partial charge < -0.3 is 15.5 Å². The average Bonchev–Trinajstić information content (AvgIpc) is 3.13. The number of hydrogen-bond acceptors (Lipinski definition) is 3. The SMILES string of the molecule is CCCN(CC(=O)Nc1cc(C(C)(C)C)nn1C(C)(C)C)C(=O)Nc1ccc(CC)cc1. The van der Waals surface area contributed by atoms with Gasteiger partial charge in [-0.3, -0.25) is 4.79 Å². The molecule has 7 nitrogen and oxygen atoms in total. The van der Waals surface area contributed by atoms with Crippen molar-refractivity contribution >= 4 is 23.4 Å². The lowest BCUT2D eigenvalue weighted by atomic mass is 9.92. The number of benzene rings is 1. The second kappa shape index (κ2) is 10.2. The number of carbonyl (C=O) groups is 2. The van der Waals surface area contributed by atoms with Crippen molar-refractivity contribution in [3.05, 3.63) is 41.6 Å². The standard InChI is InChI=1S/C25H39N5O2/c1-9-15-29(23(32)26-19-13-11-18(10-2)12-14-19)17-22(31)27-21-16-20(24(3,4)5)28-30(21)25(6,7)8/h11-14,16H,9-10,15,17H2,1-8H3,(H,26,32)(H,27,31). The van der Waals surface area contributed by atoms with E-state index in [0.717, 1.165) is 18.5 Å². The Morgan fingerprint density at radius 1 is 1.00 bits per heavy atom. The third kappa shape index (κ3) is 6.84. The van der Waals surface area contributed by atoms with Crippen LogP contribution in [0.4, 0.5) is 16.3 Å². The van der Waals surface area contributed by atoms with E-state index < -0.39 is 0 Å². The van der Waals surface area contributed by atoms with Crippen LogP contribution in [-0.4, -0.2) is 39.7 Å². The Hall–Kier alpha value is -2.83. The number of anilines is 2. The van der Waals surface area contributed by atoms with Gasteiger partial charge in [0.15, 0.2) is 0 Å². The predicted octanol–water partition coefficient (Wildman–Crippen LogP) is 5.38. The predicted molar refractivity (Wildman–Crippen MR) is 131 cm³/mol. The van der Waals surface area contributed by atoms with Gasteiger partial charge in [-0.2, -0.15) is 5.10 Å². The summed E-state index contributed by atoms with van der Waals surface area (Å²) in [5.74, 6) is 0.389. The molecule has 2 N–H and O–H groups in total. The Morgan fingerprint density at radius 3 is 2.12 bits per heavy atom. The van der Waals surface area contributed by atoms with Crippen LogP contribution in [-0.2, 0) is 22.2 Å². The van der Waals surface area contributed by atoms with Gasteiger partial charge in [-0.25, -0.2) is 9.48 Å². The molecular weight excluding hydrogens is 402 g/mol. The third-order valence-corrected chi connectivity index (χ3v) is 5.11. The van der Waals surface area contributed by atoms with E-state index in [-0.39, 0.29) is 29.4 Å². The molecule has 0 aliphatic heterocycles. The molecule has 0 fully saturated rings. The second-order valence-electron chi connectivity index (χ2n) is 10.2. The van der Waals surface area contributed by atoms with Crippen molar-refractivity contribution < 1.29 is 9.59 Å². The highest BCUT2D eigenvalue weighted by Gasteiger charge is 2.26. The summed E-state index contributed by atoms with van der Waals surface area (Å²) in [6.07, 6.45) is 1.70. The zero-order valence-corrected chi connectivity index (χ0v) is 20.9. The first kappa shape index (κ1) is 25.4. The number of nitrogens with one attached hydrogen (secondary N) is 2. The van der Waals surface area contributed by atoms with E-state index >= 15 is 0 Å². The average molecular weight is 442 g/mol. The van der Waals surface area contributed by atoms with E-state index in [0.29, 0.717) is 18.1 Å². The Labute approximate surface area is 192 Å². The number of nitrogens with zero attached hydrogens (tertiary/aromatic N) is 3. The minimum absolute atomic E-state index is 0.0348. The van der Waals surface area contributed by atoms with Gasteiger partial charge in [0.2, 0.25) is 5.91 Å². The lowest BCUT2D eigenvalue weighted by molar-refractivity contribution is -0.116. The maximum Gasteiger partial charge on any atom is 0.322 e. The summed E-state index contributed by atoms with van der Waals surface area (Å²) in [4.78, 5) is 27.3. The van der Waals surface area contributed by atoms with E-state index in [1.807, 2.05) is 62.7 Å². The van der Waals surface area contributed by atoms with E-state index in [4.69, 9.17) is 5.10 Å². The van der Waals surface area contributed by atoms with Crippen LogP contribution in [0.15, 0.2) is 30.3 Å². The molecule has 0 aliphatic rings. The Balaban J connectivity index is 2.14. The summed E-state index contributed by atoms with van der Waals surface area (Å²) in [6.45, 7) is 16.9. The molecule has 32 heavy (non-hydrogen) atoms. The quantitative estimate of drug-likeness (QED) is 0.605. The Morgan fingerprint density at radius 2 is 1.62 bits per heavy atom. The van der Waals surface area contributed by atoms with Crippen molar-refractivity contribution in [2.75, 3.05) is 23.7 Å². The number of hydrogen-bond donors (Lipinski definition) is 2. The highest BCUT2D eigenvalue weighted by Crippen LogP contribution is 2.28. The zero-order chi connectivity index (χ0) is 24.1. The summed E-state index contributed by atoms with van der Waals surface area (Å²) in [6, 6.07) is 9.39. The number of amides is 3. The lowest BCUT2D eigenvalue weighted by Gasteiger charge is -2.24. The van der Waals surface area contributed by atoms with Gasteiger partial charge in [-0.15, -0.1) is 0 Å². The largest absolute Gasteiger partial charge is 0.322 e. The number of carbonyl (C=O) groups excluding carboxylic acids is 2. The van der Waals surface area contributed by atoms with Crippen LogP contribution in [0, 0.1) is 0 Å². The van der Waals surface area contributed by atoms with Gasteiger partial charge in [-0.1, -0.05) is 46.8 Å². The maximum absolute atomic E-state index is 12.9. The zero-order valence-electron chi connectivity index (χ0n) is 20.9. The first-order chi connectivity index (χ1) is 14.8. The topological polar surface area (TPSA) is 79.3 Å². The lowest BCUT2D eigenvalue weighted by Crippen LogP contribution is -2.41. The van der Waals surface area contributed by atoms with E-state index in [1.165, 1.54) is 10.5 Å². The van der Waals surface area contributed by atoms with E-state index in [2.05, 4.69) is 38.3 Å². The van der Waals surface area contributed by atoms with Gasteiger partial charge in [0.25, 0.3) is 0 Å². The molecule has 176 valence electrons. The molecule has 0 aliphatic carbocycles. The number of urea groups is 1. The van der Waals surface area contributed by atoms with Crippen molar-refractivity contribution in [1.29, 1.82) is 0 Å². The molecule has 1 aromatic carbocycles. The fraction of sp³-hybridized carbons (Fsp3) is 0.560. The molecule has 1 heterocycles. The summed E-state index contributed by atoms with van der Waals surface area (Å²) in [5.41, 5.74) is 2.39. The van der Waals surface area contributed by atoms with E-state index in [9.17, 15) is 9.59 Å². The molecule has 0 saturated carbocycles. The van der Waals surface area contributed by atoms with Crippen LogP contribution in [0.2, 0.25) is 0 Å². The fourth-order valence-electron chi connectivity index (χ4n) is 3.25. The normalized spacial score (nSPS) is 11.9. The molecule has 2 rings (SSSR count). The minimum atomic E-state index is -0.294. The first-order valence-electron chi connectivity index (χ1n) is 11.4. The monoisotopic (exact) mass is 441 g/mol. The van der Waals surface area contributed by atoms with Gasteiger partial charge in [0.1, 0.15) is 12.4 Å². The molecule has 7 heteroatoms. The molecule has 1 aromatic heterocycles. The molecule has 0 atom stereocenters. The van der Waals surface area contributed by atoms with Crippen LogP contribution in [0.25, 0.3) is 0 Å². The summed E-state index contributed by atoms with van der Waals surface area (Å²) >= 11 is 0. The smallest absolute Gasteiger partial charge is 0.315 e. The van der Waals surface area contributed by atoms with Crippen molar-refractivity contribution in [2.24, 2.45) is 0 Å². The molecule has 0 unspecified atom stereocenters. The third-order valence-electron chi connectivity index (χ3n) is 5.11. The van der Waals surface area contributed by atoms with E-state index in [1.54, 1.807) is 0 Å². The van der Waals surface area contributed by atoms with Gasteiger partial charge >= 0.3 is 6.03 Å². The van der Waals surface area contributed by atoms with Crippen molar-refractivity contribution in [3.8, 4) is 0 Å². The van der Waals surface area contributed by atoms with Gasteiger partial charge in [0.05, 0.1) is 11.2 Å². The van der Waals surface area contributed by atoms with Crippen LogP contribution >= 0.6 is 0 Å². The molecule has 2 aromatic rings. The Bertz CT molecular complexity index is 917. The first-order valence-corrected chi connectivity index (χ1v) is 11.4. The molecule has 3 amide bonds. The van der Waals surface area contributed by atoms with Crippen LogP contribution in [0.3, 0.4) is 0 Å². The molecule has 0 saturated heterocycles. The van der Waals surface area contributed by atoms with Crippen LogP contribution in [0.1, 0.15) is 73.1 Å². The summed E-state index contributed by atoms with van der Waals surface area (Å²) in [7, 11) is 0. The summed E-state index contributed by atoms with van der Waals surface area (Å²) < 4.78 is 1.84. The number of aromatic nitrogens is 2. The molecular formula is C25H39N5O2. The van der Waals surface area contributed by atoms with Gasteiger partial charge in [-0.05, 0) is 51.3 Å². The highest BCUT2D eigenvalue weighted by atomic mass is 16.2. The van der Waals surface area contributed by atoms with Crippen molar-refractivity contribution in [3.63, 3.8) is 0 Å². The maximum atomic E-state index is 12.9. The van der Waals surface area contributed by atoms with Crippen LogP contribution in [0.5, 0.6) is 0 Å². The summed E-state index contributed by atoms with van der Waals surface area (Å²) in [5, 5.41) is 10.6. The van der Waals surface area contributed by atoms with Gasteiger partial charge in [0, 0.05) is 23.7 Å².